The van der Waals surface area contributed by atoms with Crippen LogP contribution in [0.4, 0.5) is 5.82 Å². The maximum Gasteiger partial charge on any atom is 0.328 e. The second-order valence-corrected chi connectivity index (χ2v) is 6.00. The van der Waals surface area contributed by atoms with Crippen LogP contribution in [0, 0.1) is 0 Å². The van der Waals surface area contributed by atoms with Crippen molar-refractivity contribution in [2.24, 2.45) is 0 Å². The third-order valence-corrected chi connectivity index (χ3v) is 4.04. The standard InChI is InChI=1S/C18H22N6O4/c1-3-20-16(25)12-6-4-11(5-7-12)10-24-15-13(21-18(24)26)14(19)22-17(23-15)28-9-8-27-2/h4-7H,3,8-10H2,1-2H3,(H,20,25)(H,21,26)(H2,19,22,23). The molecule has 1 aromatic carbocycles. The molecule has 2 heterocycles. The van der Waals surface area contributed by atoms with Crippen LogP contribution in [-0.2, 0) is 11.3 Å². The number of carbonyl (C=O) groups is 1. The van der Waals surface area contributed by atoms with Gasteiger partial charge in [-0.05, 0) is 24.6 Å². The molecule has 0 aliphatic rings. The number of anilines is 1. The summed E-state index contributed by atoms with van der Waals surface area (Å²) in [6.07, 6.45) is 0. The van der Waals surface area contributed by atoms with E-state index in [4.69, 9.17) is 15.2 Å². The van der Waals surface area contributed by atoms with Gasteiger partial charge < -0.3 is 25.5 Å². The van der Waals surface area contributed by atoms with Crippen molar-refractivity contribution in [3.63, 3.8) is 0 Å². The Labute approximate surface area is 160 Å². The fourth-order valence-corrected chi connectivity index (χ4v) is 2.67. The van der Waals surface area contributed by atoms with Gasteiger partial charge in [-0.15, -0.1) is 0 Å². The van der Waals surface area contributed by atoms with E-state index in [9.17, 15) is 9.59 Å². The van der Waals surface area contributed by atoms with Crippen molar-refractivity contribution in [3.8, 4) is 6.01 Å². The van der Waals surface area contributed by atoms with E-state index in [0.29, 0.717) is 29.9 Å². The number of amides is 1. The Balaban J connectivity index is 1.88. The van der Waals surface area contributed by atoms with E-state index in [2.05, 4.69) is 20.3 Å². The fraction of sp³-hybridized carbons (Fsp3) is 0.333. The first-order valence-electron chi connectivity index (χ1n) is 8.78. The molecular weight excluding hydrogens is 364 g/mol. The quantitative estimate of drug-likeness (QED) is 0.480. The number of benzene rings is 1. The topological polar surface area (TPSA) is 137 Å². The summed E-state index contributed by atoms with van der Waals surface area (Å²) in [6, 6.07) is 7.07. The van der Waals surface area contributed by atoms with Crippen LogP contribution in [0.3, 0.4) is 0 Å². The Morgan fingerprint density at radius 2 is 2.00 bits per heavy atom. The Morgan fingerprint density at radius 1 is 1.25 bits per heavy atom. The number of carbonyl (C=O) groups excluding carboxylic acids is 1. The lowest BCUT2D eigenvalue weighted by atomic mass is 10.1. The minimum atomic E-state index is -0.363. The molecule has 0 fully saturated rings. The SMILES string of the molecule is CCNC(=O)c1ccc(Cn2c(=O)[nH]c3c(N)nc(OCCOC)nc32)cc1. The van der Waals surface area contributed by atoms with Crippen LogP contribution in [0.5, 0.6) is 6.01 Å². The van der Waals surface area contributed by atoms with Crippen LogP contribution >= 0.6 is 0 Å². The van der Waals surface area contributed by atoms with E-state index < -0.39 is 0 Å². The molecule has 2 aromatic heterocycles. The minimum absolute atomic E-state index is 0.0707. The number of imidazole rings is 1. The first-order chi connectivity index (χ1) is 13.5. The van der Waals surface area contributed by atoms with Crippen molar-refractivity contribution in [2.45, 2.75) is 13.5 Å². The number of aromatic nitrogens is 4. The molecule has 4 N–H and O–H groups in total. The summed E-state index contributed by atoms with van der Waals surface area (Å²) in [4.78, 5) is 35.3. The molecule has 0 aliphatic heterocycles. The average Bonchev–Trinajstić information content (AvgIpc) is 2.99. The molecule has 0 aliphatic carbocycles. The molecule has 28 heavy (non-hydrogen) atoms. The number of nitrogens with one attached hydrogen (secondary N) is 2. The summed E-state index contributed by atoms with van der Waals surface area (Å²) in [6.45, 7) is 3.30. The molecule has 1 amide bonds. The number of hydrogen-bond donors (Lipinski definition) is 3. The molecule has 0 saturated carbocycles. The van der Waals surface area contributed by atoms with Gasteiger partial charge in [0.1, 0.15) is 12.1 Å². The minimum Gasteiger partial charge on any atom is -0.461 e. The van der Waals surface area contributed by atoms with Crippen molar-refractivity contribution in [3.05, 3.63) is 45.9 Å². The molecule has 10 nitrogen and oxygen atoms in total. The number of methoxy groups -OCH3 is 1. The number of fused-ring (bicyclic) bond motifs is 1. The summed E-state index contributed by atoms with van der Waals surface area (Å²) >= 11 is 0. The molecule has 0 unspecified atom stereocenters. The number of nitrogens with zero attached hydrogens (tertiary/aromatic N) is 3. The molecule has 3 rings (SSSR count). The van der Waals surface area contributed by atoms with Gasteiger partial charge in [-0.3, -0.25) is 9.36 Å². The predicted molar refractivity (Wildman–Crippen MR) is 103 cm³/mol. The van der Waals surface area contributed by atoms with Gasteiger partial charge in [-0.1, -0.05) is 12.1 Å². The predicted octanol–water partition coefficient (Wildman–Crippen LogP) is 0.525. The van der Waals surface area contributed by atoms with E-state index in [1.807, 2.05) is 6.92 Å². The molecule has 148 valence electrons. The number of hydrogen-bond acceptors (Lipinski definition) is 7. The summed E-state index contributed by atoms with van der Waals surface area (Å²) < 4.78 is 11.8. The summed E-state index contributed by atoms with van der Waals surface area (Å²) in [5, 5.41) is 2.74. The van der Waals surface area contributed by atoms with Crippen molar-refractivity contribution < 1.29 is 14.3 Å². The lowest BCUT2D eigenvalue weighted by molar-refractivity contribution is 0.0956. The van der Waals surface area contributed by atoms with E-state index in [-0.39, 0.29) is 36.6 Å². The molecule has 10 heteroatoms. The molecule has 3 aromatic rings. The lowest BCUT2D eigenvalue weighted by Crippen LogP contribution is -2.22. The molecule has 0 bridgehead atoms. The molecule has 0 atom stereocenters. The van der Waals surface area contributed by atoms with Crippen molar-refractivity contribution >= 4 is 22.9 Å². The second-order valence-electron chi connectivity index (χ2n) is 6.00. The van der Waals surface area contributed by atoms with Gasteiger partial charge in [-0.25, -0.2) is 4.79 Å². The summed E-state index contributed by atoms with van der Waals surface area (Å²) in [5.41, 5.74) is 7.64. The third kappa shape index (κ3) is 4.12. The smallest absolute Gasteiger partial charge is 0.328 e. The van der Waals surface area contributed by atoms with E-state index in [0.717, 1.165) is 5.56 Å². The number of H-pyrrole nitrogens is 1. The first-order valence-corrected chi connectivity index (χ1v) is 8.78. The highest BCUT2D eigenvalue weighted by Crippen LogP contribution is 2.18. The highest BCUT2D eigenvalue weighted by atomic mass is 16.5. The molecule has 0 saturated heterocycles. The highest BCUT2D eigenvalue weighted by molar-refractivity contribution is 5.94. The second kappa shape index (κ2) is 8.53. The van der Waals surface area contributed by atoms with Gasteiger partial charge in [0.25, 0.3) is 5.91 Å². The normalized spacial score (nSPS) is 10.9. The Morgan fingerprint density at radius 3 is 2.68 bits per heavy atom. The van der Waals surface area contributed by atoms with Gasteiger partial charge in [0, 0.05) is 19.2 Å². The van der Waals surface area contributed by atoms with Gasteiger partial charge in [0.15, 0.2) is 11.5 Å². The van der Waals surface area contributed by atoms with Gasteiger partial charge in [0.05, 0.1) is 13.2 Å². The van der Waals surface area contributed by atoms with Crippen molar-refractivity contribution in [1.29, 1.82) is 0 Å². The van der Waals surface area contributed by atoms with Crippen LogP contribution in [0.2, 0.25) is 0 Å². The van der Waals surface area contributed by atoms with E-state index in [1.54, 1.807) is 31.4 Å². The maximum absolute atomic E-state index is 12.4. The first kappa shape index (κ1) is 19.4. The number of nitrogens with two attached hydrogens (primary N) is 1. The van der Waals surface area contributed by atoms with Crippen LogP contribution < -0.4 is 21.5 Å². The fourth-order valence-electron chi connectivity index (χ4n) is 2.67. The van der Waals surface area contributed by atoms with Crippen LogP contribution in [0.15, 0.2) is 29.1 Å². The zero-order valence-corrected chi connectivity index (χ0v) is 15.7. The Kier molecular flexibility index (Phi) is 5.90. The molecular formula is C18H22N6O4. The van der Waals surface area contributed by atoms with Gasteiger partial charge in [0.2, 0.25) is 0 Å². The largest absolute Gasteiger partial charge is 0.461 e. The van der Waals surface area contributed by atoms with Crippen LogP contribution in [-0.4, -0.2) is 52.3 Å². The monoisotopic (exact) mass is 386 g/mol. The Bertz CT molecular complexity index is 1020. The number of rotatable bonds is 8. The van der Waals surface area contributed by atoms with Gasteiger partial charge in [-0.2, -0.15) is 9.97 Å². The van der Waals surface area contributed by atoms with E-state index >= 15 is 0 Å². The zero-order chi connectivity index (χ0) is 20.1. The van der Waals surface area contributed by atoms with Crippen LogP contribution in [0.25, 0.3) is 11.2 Å². The van der Waals surface area contributed by atoms with Crippen molar-refractivity contribution in [2.75, 3.05) is 32.6 Å². The number of nitrogen functional groups attached to an aromatic ring is 1. The van der Waals surface area contributed by atoms with Crippen molar-refractivity contribution in [1.82, 2.24) is 24.8 Å². The molecule has 0 radical (unpaired) electrons. The van der Waals surface area contributed by atoms with Crippen LogP contribution in [0.1, 0.15) is 22.8 Å². The highest BCUT2D eigenvalue weighted by Gasteiger charge is 2.15. The average molecular weight is 386 g/mol. The summed E-state index contributed by atoms with van der Waals surface area (Å²) in [5.74, 6) is -0.0171. The summed E-state index contributed by atoms with van der Waals surface area (Å²) in [7, 11) is 1.56. The third-order valence-electron chi connectivity index (χ3n) is 4.04. The lowest BCUT2D eigenvalue weighted by Gasteiger charge is -2.07. The number of aromatic amines is 1. The van der Waals surface area contributed by atoms with Gasteiger partial charge >= 0.3 is 11.7 Å². The molecule has 0 spiro atoms. The van der Waals surface area contributed by atoms with E-state index in [1.165, 1.54) is 4.57 Å². The maximum atomic E-state index is 12.4. The Hall–Kier alpha value is -3.40. The zero-order valence-electron chi connectivity index (χ0n) is 15.7. The number of ether oxygens (including phenoxy) is 2.